The van der Waals surface area contributed by atoms with Crippen LogP contribution < -0.4 is 0 Å². The van der Waals surface area contributed by atoms with Crippen LogP contribution in [0.1, 0.15) is 63.3 Å². The first-order valence-electron chi connectivity index (χ1n) is 6.94. The molecule has 0 atom stereocenters. The SMILES string of the molecule is CCCCCCCCC=Cc1onc(C)c1[N+](=O)[O-]. The van der Waals surface area contributed by atoms with Crippen LogP contribution in [0, 0.1) is 17.0 Å². The largest absolute Gasteiger partial charge is 0.349 e. The molecule has 1 aromatic heterocycles. The number of nitro groups is 1. The second-order valence-corrected chi connectivity index (χ2v) is 4.70. The molecular formula is C14H22N2O3. The van der Waals surface area contributed by atoms with Gasteiger partial charge in [-0.15, -0.1) is 0 Å². The van der Waals surface area contributed by atoms with E-state index in [9.17, 15) is 10.1 Å². The highest BCUT2D eigenvalue weighted by Crippen LogP contribution is 2.23. The molecule has 1 heterocycles. The van der Waals surface area contributed by atoms with Crippen LogP contribution in [0.25, 0.3) is 6.08 Å². The topological polar surface area (TPSA) is 69.2 Å². The van der Waals surface area contributed by atoms with Crippen molar-refractivity contribution < 1.29 is 9.45 Å². The van der Waals surface area contributed by atoms with E-state index in [2.05, 4.69) is 12.1 Å². The van der Waals surface area contributed by atoms with Gasteiger partial charge in [-0.1, -0.05) is 50.3 Å². The third-order valence-electron chi connectivity index (χ3n) is 3.03. The average molecular weight is 266 g/mol. The van der Waals surface area contributed by atoms with E-state index in [1.165, 1.54) is 32.1 Å². The van der Waals surface area contributed by atoms with Gasteiger partial charge in [-0.3, -0.25) is 10.1 Å². The summed E-state index contributed by atoms with van der Waals surface area (Å²) >= 11 is 0. The lowest BCUT2D eigenvalue weighted by Crippen LogP contribution is -1.90. The lowest BCUT2D eigenvalue weighted by molar-refractivity contribution is -0.386. The molecule has 5 heteroatoms. The molecule has 0 aliphatic rings. The van der Waals surface area contributed by atoms with Gasteiger partial charge in [0.15, 0.2) is 5.69 Å². The third kappa shape index (κ3) is 5.24. The van der Waals surface area contributed by atoms with Crippen LogP contribution in [0.2, 0.25) is 0 Å². The van der Waals surface area contributed by atoms with Crippen molar-refractivity contribution in [2.24, 2.45) is 0 Å². The molecule has 0 unspecified atom stereocenters. The second-order valence-electron chi connectivity index (χ2n) is 4.70. The van der Waals surface area contributed by atoms with Crippen molar-refractivity contribution in [3.05, 3.63) is 27.6 Å². The molecular weight excluding hydrogens is 244 g/mol. The third-order valence-corrected chi connectivity index (χ3v) is 3.03. The predicted molar refractivity (Wildman–Crippen MR) is 74.9 cm³/mol. The molecule has 106 valence electrons. The van der Waals surface area contributed by atoms with Crippen LogP contribution in [0.5, 0.6) is 0 Å². The molecule has 1 aromatic rings. The molecule has 0 spiro atoms. The first-order chi connectivity index (χ1) is 9.16. The van der Waals surface area contributed by atoms with Gasteiger partial charge in [0, 0.05) is 0 Å². The number of hydrogen-bond donors (Lipinski definition) is 0. The number of unbranched alkanes of at least 4 members (excludes halogenated alkanes) is 6. The highest BCUT2D eigenvalue weighted by atomic mass is 16.6. The van der Waals surface area contributed by atoms with E-state index >= 15 is 0 Å². The fourth-order valence-electron chi connectivity index (χ4n) is 1.95. The fourth-order valence-corrected chi connectivity index (χ4v) is 1.95. The minimum absolute atomic E-state index is 0.0285. The Hall–Kier alpha value is -1.65. The highest BCUT2D eigenvalue weighted by Gasteiger charge is 2.21. The van der Waals surface area contributed by atoms with Crippen molar-refractivity contribution in [2.45, 2.75) is 58.8 Å². The van der Waals surface area contributed by atoms with Gasteiger partial charge >= 0.3 is 5.69 Å². The zero-order valence-electron chi connectivity index (χ0n) is 11.7. The zero-order valence-corrected chi connectivity index (χ0v) is 11.7. The zero-order chi connectivity index (χ0) is 14.1. The van der Waals surface area contributed by atoms with Gasteiger partial charge in [-0.25, -0.2) is 0 Å². The van der Waals surface area contributed by atoms with E-state index < -0.39 is 4.92 Å². The molecule has 0 radical (unpaired) electrons. The van der Waals surface area contributed by atoms with E-state index in [1.54, 1.807) is 13.0 Å². The Balaban J connectivity index is 2.31. The Morgan fingerprint density at radius 3 is 2.63 bits per heavy atom. The molecule has 0 N–H and O–H groups in total. The molecule has 1 rings (SSSR count). The van der Waals surface area contributed by atoms with E-state index in [-0.39, 0.29) is 11.4 Å². The summed E-state index contributed by atoms with van der Waals surface area (Å²) in [7, 11) is 0. The van der Waals surface area contributed by atoms with E-state index in [0.717, 1.165) is 12.8 Å². The second kappa shape index (κ2) is 8.45. The van der Waals surface area contributed by atoms with Gasteiger partial charge in [0.2, 0.25) is 5.76 Å². The molecule has 0 saturated carbocycles. The first kappa shape index (κ1) is 15.4. The molecule has 19 heavy (non-hydrogen) atoms. The molecule has 5 nitrogen and oxygen atoms in total. The monoisotopic (exact) mass is 266 g/mol. The lowest BCUT2D eigenvalue weighted by Gasteiger charge is -1.97. The number of nitrogens with zero attached hydrogens (tertiary/aromatic N) is 2. The van der Waals surface area contributed by atoms with E-state index in [0.29, 0.717) is 5.69 Å². The molecule has 0 aliphatic heterocycles. The Morgan fingerprint density at radius 1 is 1.26 bits per heavy atom. The number of rotatable bonds is 9. The quantitative estimate of drug-likeness (QED) is 0.370. The maximum Gasteiger partial charge on any atom is 0.338 e. The molecule has 0 bridgehead atoms. The Bertz CT molecular complexity index is 424. The van der Waals surface area contributed by atoms with Crippen molar-refractivity contribution >= 4 is 11.8 Å². The van der Waals surface area contributed by atoms with Gasteiger partial charge in [0.25, 0.3) is 0 Å². The number of allylic oxidation sites excluding steroid dienone is 1. The summed E-state index contributed by atoms with van der Waals surface area (Å²) in [5.41, 5.74) is 0.295. The smallest absolute Gasteiger partial charge is 0.338 e. The molecule has 0 aliphatic carbocycles. The van der Waals surface area contributed by atoms with Crippen LogP contribution in [0.4, 0.5) is 5.69 Å². The predicted octanol–water partition coefficient (Wildman–Crippen LogP) is 4.66. The molecule has 0 fully saturated rings. The number of aromatic nitrogens is 1. The summed E-state index contributed by atoms with van der Waals surface area (Å²) in [5.74, 6) is 0.244. The molecule has 0 saturated heterocycles. The minimum Gasteiger partial charge on any atom is -0.349 e. The van der Waals surface area contributed by atoms with Gasteiger partial charge < -0.3 is 4.52 Å². The summed E-state index contributed by atoms with van der Waals surface area (Å²) in [6.07, 6.45) is 12.0. The van der Waals surface area contributed by atoms with Crippen molar-refractivity contribution in [3.63, 3.8) is 0 Å². The van der Waals surface area contributed by atoms with E-state index in [4.69, 9.17) is 4.52 Å². The van der Waals surface area contributed by atoms with Crippen LogP contribution in [0.3, 0.4) is 0 Å². The van der Waals surface area contributed by atoms with Gasteiger partial charge in [0.1, 0.15) is 0 Å². The Kier molecular flexibility index (Phi) is 6.85. The Morgan fingerprint density at radius 2 is 1.95 bits per heavy atom. The fraction of sp³-hybridized carbons (Fsp3) is 0.643. The molecule has 0 amide bonds. The van der Waals surface area contributed by atoms with E-state index in [1.807, 2.05) is 6.08 Å². The average Bonchev–Trinajstić information content (AvgIpc) is 2.74. The number of aryl methyl sites for hydroxylation is 1. The summed E-state index contributed by atoms with van der Waals surface area (Å²) in [5, 5.41) is 14.4. The maximum absolute atomic E-state index is 10.8. The summed E-state index contributed by atoms with van der Waals surface area (Å²) in [4.78, 5) is 10.4. The van der Waals surface area contributed by atoms with Gasteiger partial charge in [-0.05, 0) is 25.8 Å². The molecule has 0 aromatic carbocycles. The maximum atomic E-state index is 10.8. The van der Waals surface area contributed by atoms with Gasteiger partial charge in [-0.2, -0.15) is 0 Å². The lowest BCUT2D eigenvalue weighted by atomic mass is 10.1. The van der Waals surface area contributed by atoms with Crippen LogP contribution in [0.15, 0.2) is 10.6 Å². The van der Waals surface area contributed by atoms with Crippen LogP contribution >= 0.6 is 0 Å². The van der Waals surface area contributed by atoms with Crippen molar-refractivity contribution in [2.75, 3.05) is 0 Å². The standard InChI is InChI=1S/C14H22N2O3/c1-3-4-5-6-7-8-9-10-11-13-14(16(17)18)12(2)15-19-13/h10-11H,3-9H2,1-2H3. The normalized spacial score (nSPS) is 11.3. The summed E-state index contributed by atoms with van der Waals surface area (Å²) < 4.78 is 4.94. The summed E-state index contributed by atoms with van der Waals surface area (Å²) in [6, 6.07) is 0. The minimum atomic E-state index is -0.448. The summed E-state index contributed by atoms with van der Waals surface area (Å²) in [6.45, 7) is 3.78. The van der Waals surface area contributed by atoms with Crippen molar-refractivity contribution in [3.8, 4) is 0 Å². The van der Waals surface area contributed by atoms with Crippen molar-refractivity contribution in [1.29, 1.82) is 0 Å². The highest BCUT2D eigenvalue weighted by molar-refractivity contribution is 5.56. The van der Waals surface area contributed by atoms with Crippen LogP contribution in [-0.4, -0.2) is 10.1 Å². The van der Waals surface area contributed by atoms with Crippen LogP contribution in [-0.2, 0) is 0 Å². The van der Waals surface area contributed by atoms with Crippen molar-refractivity contribution in [1.82, 2.24) is 5.16 Å². The Labute approximate surface area is 113 Å². The van der Waals surface area contributed by atoms with Gasteiger partial charge in [0.05, 0.1) is 4.92 Å². The number of hydrogen-bond acceptors (Lipinski definition) is 4. The first-order valence-corrected chi connectivity index (χ1v) is 6.94.